The van der Waals surface area contributed by atoms with E-state index in [0.717, 1.165) is 5.56 Å². The molecule has 8 heteroatoms. The predicted octanol–water partition coefficient (Wildman–Crippen LogP) is 1.96. The molecular weight excluding hydrogens is 406 g/mol. The van der Waals surface area contributed by atoms with Crippen LogP contribution in [0.4, 0.5) is 14.5 Å². The van der Waals surface area contributed by atoms with E-state index in [4.69, 9.17) is 5.73 Å². The number of rotatable bonds is 6. The van der Waals surface area contributed by atoms with E-state index in [2.05, 4.69) is 33.7 Å². The smallest absolute Gasteiger partial charge is 0.331 e. The Morgan fingerprint density at radius 1 is 1.03 bits per heavy atom. The number of nitrogen functional groups attached to an aromatic ring is 1. The van der Waals surface area contributed by atoms with Crippen molar-refractivity contribution in [1.29, 1.82) is 0 Å². The van der Waals surface area contributed by atoms with Crippen LogP contribution in [-0.4, -0.2) is 42.2 Å². The van der Waals surface area contributed by atoms with Gasteiger partial charge in [0.2, 0.25) is 0 Å². The van der Waals surface area contributed by atoms with Gasteiger partial charge in [-0.1, -0.05) is 11.8 Å². The summed E-state index contributed by atoms with van der Waals surface area (Å²) in [5, 5.41) is 11.6. The van der Waals surface area contributed by atoms with E-state index in [0.29, 0.717) is 11.3 Å². The first-order valence-electron chi connectivity index (χ1n) is 9.23. The van der Waals surface area contributed by atoms with Crippen LogP contribution in [0.2, 0.25) is 0 Å². The number of benzene rings is 2. The lowest BCUT2D eigenvalue weighted by Crippen LogP contribution is -2.52. The van der Waals surface area contributed by atoms with Gasteiger partial charge in [0.05, 0.1) is 6.61 Å². The lowest BCUT2D eigenvalue weighted by Gasteiger charge is -2.21. The Kier molecular flexibility index (Phi) is 8.56. The van der Waals surface area contributed by atoms with Crippen LogP contribution in [0.1, 0.15) is 28.4 Å². The first-order chi connectivity index (χ1) is 14.8. The number of alkyl halides is 2. The number of hydrogen-bond donors (Lipinski definition) is 3. The van der Waals surface area contributed by atoms with E-state index in [-0.39, 0.29) is 12.2 Å². The molecule has 0 heterocycles. The summed E-state index contributed by atoms with van der Waals surface area (Å²) < 4.78 is 30.3. The van der Waals surface area contributed by atoms with Gasteiger partial charge in [-0.2, -0.15) is 0 Å². The molecule has 0 aliphatic carbocycles. The summed E-state index contributed by atoms with van der Waals surface area (Å²) in [4.78, 5) is 24.1. The minimum atomic E-state index is -3.23. The number of carbonyl (C=O) groups excluding carboxylic acids is 2. The van der Waals surface area contributed by atoms with Gasteiger partial charge in [0.15, 0.2) is 6.04 Å². The molecule has 2 aromatic carbocycles. The quantitative estimate of drug-likeness (QED) is 0.372. The minimum Gasteiger partial charge on any atom is -0.464 e. The second kappa shape index (κ2) is 11.3. The fraction of sp³-hybridized carbons (Fsp3) is 0.217. The van der Waals surface area contributed by atoms with E-state index >= 15 is 0 Å². The molecule has 2 aromatic rings. The van der Waals surface area contributed by atoms with Crippen LogP contribution in [0, 0.1) is 23.7 Å². The molecule has 160 valence electrons. The number of esters is 1. The number of aliphatic hydroxyl groups is 1. The number of hydrogen-bond acceptors (Lipinski definition) is 5. The highest BCUT2D eigenvalue weighted by Gasteiger charge is 2.36. The van der Waals surface area contributed by atoms with E-state index in [9.17, 15) is 23.5 Å². The van der Waals surface area contributed by atoms with Crippen molar-refractivity contribution >= 4 is 17.6 Å². The topological polar surface area (TPSA) is 102 Å². The summed E-state index contributed by atoms with van der Waals surface area (Å²) in [7, 11) is 0. The molecule has 0 unspecified atom stereocenters. The maximum Gasteiger partial charge on any atom is 0.331 e. The maximum absolute atomic E-state index is 12.8. The summed E-state index contributed by atoms with van der Waals surface area (Å²) >= 11 is 0. The summed E-state index contributed by atoms with van der Waals surface area (Å²) in [6.07, 6.45) is -5.63. The van der Waals surface area contributed by atoms with Crippen molar-refractivity contribution in [3.63, 3.8) is 0 Å². The van der Waals surface area contributed by atoms with E-state index in [1.54, 1.807) is 24.3 Å². The van der Waals surface area contributed by atoms with Gasteiger partial charge in [-0.3, -0.25) is 4.79 Å². The third kappa shape index (κ3) is 7.14. The van der Waals surface area contributed by atoms with Crippen LogP contribution in [-0.2, 0) is 9.53 Å². The Morgan fingerprint density at radius 2 is 1.55 bits per heavy atom. The second-order valence-electron chi connectivity index (χ2n) is 6.23. The highest BCUT2D eigenvalue weighted by molar-refractivity contribution is 5.97. The van der Waals surface area contributed by atoms with Crippen LogP contribution in [0.3, 0.4) is 0 Å². The minimum absolute atomic E-state index is 0.0875. The molecule has 0 saturated heterocycles. The fourth-order valence-electron chi connectivity index (χ4n) is 2.36. The van der Waals surface area contributed by atoms with E-state index in [1.165, 1.54) is 31.2 Å². The largest absolute Gasteiger partial charge is 0.464 e. The first-order valence-corrected chi connectivity index (χ1v) is 9.23. The number of carbonyl (C=O) groups is 2. The molecule has 4 N–H and O–H groups in total. The zero-order chi connectivity index (χ0) is 22.8. The third-order valence-electron chi connectivity index (χ3n) is 3.96. The SMILES string of the molecule is CCOC(=O)[C@@H](NC(=O)c1ccc(C#CC#Cc2ccc(N)cc2)cc1)[C@H](O)C(F)F. The number of nitrogens with one attached hydrogen (secondary N) is 1. The lowest BCUT2D eigenvalue weighted by molar-refractivity contribution is -0.151. The fourth-order valence-corrected chi connectivity index (χ4v) is 2.36. The molecule has 0 aliphatic rings. The van der Waals surface area contributed by atoms with Crippen molar-refractivity contribution in [2.24, 2.45) is 0 Å². The molecule has 2 atom stereocenters. The maximum atomic E-state index is 12.8. The molecule has 0 aliphatic heterocycles. The van der Waals surface area contributed by atoms with Crippen LogP contribution >= 0.6 is 0 Å². The third-order valence-corrected chi connectivity index (χ3v) is 3.96. The highest BCUT2D eigenvalue weighted by atomic mass is 19.3. The first kappa shape index (κ1) is 23.4. The molecule has 0 bridgehead atoms. The van der Waals surface area contributed by atoms with Gasteiger partial charge in [-0.15, -0.1) is 0 Å². The Hall–Kier alpha value is -3.88. The summed E-state index contributed by atoms with van der Waals surface area (Å²) in [5.74, 6) is 9.08. The Labute approximate surface area is 178 Å². The average molecular weight is 426 g/mol. The van der Waals surface area contributed by atoms with Crippen molar-refractivity contribution in [2.75, 3.05) is 12.3 Å². The Morgan fingerprint density at radius 3 is 2.03 bits per heavy atom. The summed E-state index contributed by atoms with van der Waals surface area (Å²) in [6, 6.07) is 11.0. The molecule has 6 nitrogen and oxygen atoms in total. The van der Waals surface area contributed by atoms with Crippen LogP contribution in [0.15, 0.2) is 48.5 Å². The standard InChI is InChI=1S/C23H20F2N2O4/c1-2-31-23(30)19(20(28)21(24)25)27-22(29)17-11-7-15(8-12-17)5-3-4-6-16-9-13-18(26)14-10-16/h7-14,19-21,28H,2,26H2,1H3,(H,27,29)/t19-,20-/m0/s1. The van der Waals surface area contributed by atoms with Gasteiger partial charge in [-0.25, -0.2) is 13.6 Å². The number of halogens is 2. The van der Waals surface area contributed by atoms with Gasteiger partial charge >= 0.3 is 5.97 Å². The zero-order valence-electron chi connectivity index (χ0n) is 16.6. The highest BCUT2D eigenvalue weighted by Crippen LogP contribution is 2.10. The van der Waals surface area contributed by atoms with Crippen molar-refractivity contribution in [1.82, 2.24) is 5.32 Å². The summed E-state index contributed by atoms with van der Waals surface area (Å²) in [6.45, 7) is 1.39. The van der Waals surface area contributed by atoms with Crippen molar-refractivity contribution in [3.8, 4) is 23.7 Å². The van der Waals surface area contributed by atoms with Crippen LogP contribution in [0.25, 0.3) is 0 Å². The molecule has 2 rings (SSSR count). The number of aliphatic hydroxyl groups excluding tert-OH is 1. The molecule has 0 saturated carbocycles. The van der Waals surface area contributed by atoms with Gasteiger partial charge in [0, 0.05) is 22.4 Å². The van der Waals surface area contributed by atoms with E-state index < -0.39 is 30.4 Å². The molecular formula is C23H20F2N2O4. The number of anilines is 1. The molecule has 0 spiro atoms. The van der Waals surface area contributed by atoms with Gasteiger partial charge in [0.25, 0.3) is 12.3 Å². The van der Waals surface area contributed by atoms with Crippen molar-refractivity contribution in [2.45, 2.75) is 25.5 Å². The average Bonchev–Trinajstić information content (AvgIpc) is 2.76. The zero-order valence-corrected chi connectivity index (χ0v) is 16.6. The number of amides is 1. The molecule has 0 radical (unpaired) electrons. The Balaban J connectivity index is 2.06. The van der Waals surface area contributed by atoms with Gasteiger partial charge in [-0.05, 0) is 67.3 Å². The van der Waals surface area contributed by atoms with Crippen molar-refractivity contribution in [3.05, 3.63) is 65.2 Å². The number of nitrogens with two attached hydrogens (primary N) is 1. The molecule has 0 fully saturated rings. The van der Waals surface area contributed by atoms with Gasteiger partial charge < -0.3 is 20.9 Å². The van der Waals surface area contributed by atoms with Crippen LogP contribution < -0.4 is 11.1 Å². The molecule has 0 aromatic heterocycles. The van der Waals surface area contributed by atoms with Crippen molar-refractivity contribution < 1.29 is 28.2 Å². The van der Waals surface area contributed by atoms with Crippen LogP contribution in [0.5, 0.6) is 0 Å². The summed E-state index contributed by atoms with van der Waals surface area (Å²) in [5.41, 5.74) is 7.66. The number of ether oxygens (including phenoxy) is 1. The van der Waals surface area contributed by atoms with Gasteiger partial charge in [0.1, 0.15) is 6.10 Å². The normalized spacial score (nSPS) is 11.9. The molecule has 31 heavy (non-hydrogen) atoms. The lowest BCUT2D eigenvalue weighted by atomic mass is 10.1. The predicted molar refractivity (Wildman–Crippen MR) is 111 cm³/mol. The van der Waals surface area contributed by atoms with E-state index in [1.807, 2.05) is 0 Å². The Bertz CT molecular complexity index is 1030. The monoisotopic (exact) mass is 426 g/mol. The molecule has 1 amide bonds. The second-order valence-corrected chi connectivity index (χ2v) is 6.23.